The van der Waals surface area contributed by atoms with Crippen molar-refractivity contribution >= 4 is 22.7 Å². The van der Waals surface area contributed by atoms with Gasteiger partial charge in [-0.3, -0.25) is 14.6 Å². The van der Waals surface area contributed by atoms with Gasteiger partial charge in [0.05, 0.1) is 11.2 Å². The van der Waals surface area contributed by atoms with Crippen LogP contribution in [0.1, 0.15) is 296 Å². The van der Waals surface area contributed by atoms with Crippen LogP contribution in [-0.2, 0) is 0 Å². The van der Waals surface area contributed by atoms with E-state index < -0.39 is 0 Å². The van der Waals surface area contributed by atoms with E-state index in [-0.39, 0.29) is 0 Å². The summed E-state index contributed by atoms with van der Waals surface area (Å²) in [6, 6.07) is 22.5. The Kier molecular flexibility index (Phi) is 29.4. The first-order valence-corrected chi connectivity index (χ1v) is 27.9. The Hall–Kier alpha value is -3.94. The van der Waals surface area contributed by atoms with Gasteiger partial charge in [-0.15, -0.1) is 22.7 Å². The van der Waals surface area contributed by atoms with Crippen LogP contribution >= 0.6 is 22.7 Å². The molecule has 0 aliphatic carbocycles. The van der Waals surface area contributed by atoms with E-state index in [2.05, 4.69) is 253 Å². The molecule has 0 spiro atoms. The maximum atomic E-state index is 4.40. The average Bonchev–Trinajstić information content (AvgIpc) is 4.11. The molecule has 0 saturated carbocycles. The second kappa shape index (κ2) is 32.1. The zero-order chi connectivity index (χ0) is 52.7. The fourth-order valence-corrected chi connectivity index (χ4v) is 8.16. The lowest BCUT2D eigenvalue weighted by molar-refractivity contribution is 0.531. The highest BCUT2D eigenvalue weighted by atomic mass is 32.1. The summed E-state index contributed by atoms with van der Waals surface area (Å²) in [4.78, 5) is 17.6. The van der Waals surface area contributed by atoms with Gasteiger partial charge in [0.15, 0.2) is 0 Å². The molecule has 0 radical (unpaired) electrons. The van der Waals surface area contributed by atoms with Crippen LogP contribution in [0.25, 0.3) is 0 Å². The standard InChI is InChI=1S/C12H18.2C11H17N.C10H16S.C9H16N2.C9H15NS/c1-9(2)11-5-7-12(8-6-11)10(3)4;2*1-8(2)10-5-6-11(9(3)4)12-7-10;1-7(2)9-5-6-10(11-9)8(3)4;1-7(2)9-5-10-11(6-9)8(3)4;1-6(2)8-5-10-9(11-8)7(3)4/h5-10H,1-4H3;2*5-9H,1-4H3;2*5-8H,1-4H3;5-7H,1-4H3. The molecule has 0 aliphatic rings. The molecule has 5 nitrogen and oxygen atoms in total. The molecule has 5 heterocycles. The van der Waals surface area contributed by atoms with Gasteiger partial charge in [0, 0.05) is 62.8 Å². The molecular weight excluding hydrogens is 879 g/mol. The van der Waals surface area contributed by atoms with Gasteiger partial charge in [-0.05, 0) is 125 Å². The number of benzene rings is 1. The minimum absolute atomic E-state index is 0.475. The van der Waals surface area contributed by atoms with Crippen molar-refractivity contribution in [3.05, 3.63) is 150 Å². The summed E-state index contributed by atoms with van der Waals surface area (Å²) in [7, 11) is 0. The minimum Gasteiger partial charge on any atom is -0.270 e. The normalized spacial score (nSPS) is 11.3. The number of hydrogen-bond acceptors (Lipinski definition) is 6. The summed E-state index contributed by atoms with van der Waals surface area (Å²) in [6.45, 7) is 52.7. The lowest BCUT2D eigenvalue weighted by Gasteiger charge is -2.08. The number of thiophene rings is 1. The second-order valence-corrected chi connectivity index (χ2v) is 24.3. The zero-order valence-corrected chi connectivity index (χ0v) is 49.8. The van der Waals surface area contributed by atoms with E-state index in [0.717, 1.165) is 0 Å². The molecule has 0 saturated heterocycles. The van der Waals surface area contributed by atoms with E-state index in [1.165, 1.54) is 58.8 Å². The monoisotopic (exact) mass is 978 g/mol. The molecule has 0 fully saturated rings. The molecule has 0 bridgehead atoms. The Morgan fingerprint density at radius 3 is 0.870 bits per heavy atom. The molecular formula is C62H99N5S2. The van der Waals surface area contributed by atoms with Gasteiger partial charge in [0.2, 0.25) is 0 Å². The fourth-order valence-electron chi connectivity index (χ4n) is 6.22. The Morgan fingerprint density at radius 1 is 0.304 bits per heavy atom. The summed E-state index contributed by atoms with van der Waals surface area (Å²) in [5, 5.41) is 5.51. The Labute approximate surface area is 432 Å². The molecule has 0 unspecified atom stereocenters. The van der Waals surface area contributed by atoms with Gasteiger partial charge < -0.3 is 0 Å². The van der Waals surface area contributed by atoms with E-state index in [9.17, 15) is 0 Å². The summed E-state index contributed by atoms with van der Waals surface area (Å²) >= 11 is 3.79. The van der Waals surface area contributed by atoms with Crippen LogP contribution in [0.15, 0.2) is 91.6 Å². The van der Waals surface area contributed by atoms with Gasteiger partial charge in [-0.25, -0.2) is 4.98 Å². The van der Waals surface area contributed by atoms with Gasteiger partial charge in [-0.2, -0.15) is 5.10 Å². The van der Waals surface area contributed by atoms with Crippen molar-refractivity contribution in [2.75, 3.05) is 0 Å². The van der Waals surface area contributed by atoms with Crippen molar-refractivity contribution < 1.29 is 0 Å². The first-order valence-electron chi connectivity index (χ1n) is 26.3. The second-order valence-electron chi connectivity index (χ2n) is 22.1. The first-order chi connectivity index (χ1) is 32.2. The molecule has 5 aromatic heterocycles. The van der Waals surface area contributed by atoms with Gasteiger partial charge in [0.1, 0.15) is 0 Å². The van der Waals surface area contributed by atoms with Crippen molar-refractivity contribution in [1.29, 1.82) is 0 Å². The van der Waals surface area contributed by atoms with Crippen LogP contribution in [0.4, 0.5) is 0 Å². The lowest BCUT2D eigenvalue weighted by atomic mass is 9.97. The highest BCUT2D eigenvalue weighted by Crippen LogP contribution is 2.29. The molecule has 384 valence electrons. The van der Waals surface area contributed by atoms with E-state index in [1.807, 2.05) is 52.1 Å². The smallest absolute Gasteiger partial charge is 0.0953 e. The lowest BCUT2D eigenvalue weighted by Crippen LogP contribution is -1.99. The van der Waals surface area contributed by atoms with Crippen LogP contribution in [-0.4, -0.2) is 24.7 Å². The van der Waals surface area contributed by atoms with Crippen LogP contribution in [0, 0.1) is 0 Å². The van der Waals surface area contributed by atoms with Crippen molar-refractivity contribution in [2.24, 2.45) is 0 Å². The SMILES string of the molecule is CC(C)c1ccc(C(C)C)cc1.CC(C)c1ccc(C(C)C)nc1.CC(C)c1ccc(C(C)C)nc1.CC(C)c1ccc(C(C)C)s1.CC(C)c1cnc(C(C)C)s1.CC(C)c1cnn(C(C)C)c1. The molecule has 6 rings (SSSR count). The number of pyridine rings is 2. The van der Waals surface area contributed by atoms with E-state index in [0.29, 0.717) is 71.1 Å². The molecule has 0 amide bonds. The number of thiazole rings is 1. The van der Waals surface area contributed by atoms with Crippen molar-refractivity contribution in [2.45, 2.75) is 237 Å². The zero-order valence-electron chi connectivity index (χ0n) is 48.1. The maximum Gasteiger partial charge on any atom is 0.0953 e. The maximum absolute atomic E-state index is 4.40. The van der Waals surface area contributed by atoms with E-state index in [4.69, 9.17) is 0 Å². The van der Waals surface area contributed by atoms with E-state index >= 15 is 0 Å². The van der Waals surface area contributed by atoms with Crippen LogP contribution in [0.2, 0.25) is 0 Å². The fraction of sp³-hybridized carbons (Fsp3) is 0.581. The van der Waals surface area contributed by atoms with Crippen LogP contribution < -0.4 is 0 Å². The quantitative estimate of drug-likeness (QED) is 0.123. The third-order valence-corrected chi connectivity index (χ3v) is 14.9. The van der Waals surface area contributed by atoms with Gasteiger partial charge >= 0.3 is 0 Å². The van der Waals surface area contributed by atoms with E-state index in [1.54, 1.807) is 0 Å². The van der Waals surface area contributed by atoms with Crippen molar-refractivity contribution in [1.82, 2.24) is 24.7 Å². The predicted octanol–water partition coefficient (Wildman–Crippen LogP) is 20.6. The third-order valence-electron chi connectivity index (χ3n) is 11.6. The number of hydrogen-bond donors (Lipinski definition) is 0. The predicted molar refractivity (Wildman–Crippen MR) is 309 cm³/mol. The summed E-state index contributed by atoms with van der Waals surface area (Å²) in [5.41, 5.74) is 9.18. The molecule has 0 N–H and O–H groups in total. The molecule has 69 heavy (non-hydrogen) atoms. The number of aromatic nitrogens is 5. The van der Waals surface area contributed by atoms with Crippen molar-refractivity contribution in [3.63, 3.8) is 0 Å². The highest BCUT2D eigenvalue weighted by molar-refractivity contribution is 7.12. The summed E-state index contributed by atoms with van der Waals surface area (Å²) in [5.74, 6) is 6.68. The average molecular weight is 979 g/mol. The van der Waals surface area contributed by atoms with Gasteiger partial charge in [-0.1, -0.05) is 189 Å². The van der Waals surface area contributed by atoms with Crippen LogP contribution in [0.5, 0.6) is 0 Å². The molecule has 6 aromatic rings. The number of nitrogens with zero attached hydrogens (tertiary/aromatic N) is 5. The molecule has 0 aliphatic heterocycles. The van der Waals surface area contributed by atoms with Crippen LogP contribution in [0.3, 0.4) is 0 Å². The third kappa shape index (κ3) is 24.2. The van der Waals surface area contributed by atoms with Crippen molar-refractivity contribution in [3.8, 4) is 0 Å². The largest absolute Gasteiger partial charge is 0.270 e. The summed E-state index contributed by atoms with van der Waals surface area (Å²) < 4.78 is 2.00. The van der Waals surface area contributed by atoms with Gasteiger partial charge in [0.25, 0.3) is 0 Å². The summed E-state index contributed by atoms with van der Waals surface area (Å²) in [6.07, 6.45) is 10.0. The Balaban J connectivity index is 0.000000414. The topological polar surface area (TPSA) is 56.5 Å². The Morgan fingerprint density at radius 2 is 0.667 bits per heavy atom. The molecule has 7 heteroatoms. The first kappa shape index (κ1) is 63.1. The number of rotatable bonds is 12. The highest BCUT2D eigenvalue weighted by Gasteiger charge is 2.09. The minimum atomic E-state index is 0.475. The molecule has 1 aromatic carbocycles. The molecule has 0 atom stereocenters. The Bertz CT molecular complexity index is 1790.